The van der Waals surface area contributed by atoms with Crippen molar-refractivity contribution in [1.82, 2.24) is 4.98 Å². The summed E-state index contributed by atoms with van der Waals surface area (Å²) in [5, 5.41) is 11.6. The molecule has 1 N–H and O–H groups in total. The van der Waals surface area contributed by atoms with E-state index in [2.05, 4.69) is 26.2 Å². The summed E-state index contributed by atoms with van der Waals surface area (Å²) >= 11 is 3.32. The zero-order chi connectivity index (χ0) is 13.0. The van der Waals surface area contributed by atoms with E-state index in [1.165, 1.54) is 6.07 Å². The van der Waals surface area contributed by atoms with Crippen LogP contribution in [0.25, 0.3) is 0 Å². The highest BCUT2D eigenvalue weighted by atomic mass is 79.9. The largest absolute Gasteiger partial charge is 0.379 e. The van der Waals surface area contributed by atoms with Gasteiger partial charge in [0.25, 0.3) is 0 Å². The van der Waals surface area contributed by atoms with E-state index in [0.29, 0.717) is 17.8 Å². The van der Waals surface area contributed by atoms with Gasteiger partial charge in [-0.1, -0.05) is 0 Å². The third-order valence-corrected chi connectivity index (χ3v) is 2.78. The third-order valence-electron chi connectivity index (χ3n) is 2.34. The number of rotatable bonds is 3. The lowest BCUT2D eigenvalue weighted by atomic mass is 10.2. The molecule has 2 aromatic rings. The van der Waals surface area contributed by atoms with Gasteiger partial charge >= 0.3 is 0 Å². The van der Waals surface area contributed by atoms with Gasteiger partial charge in [0, 0.05) is 23.4 Å². The first-order valence-corrected chi connectivity index (χ1v) is 6.01. The second-order valence-electron chi connectivity index (χ2n) is 3.67. The monoisotopic (exact) mass is 305 g/mol. The van der Waals surface area contributed by atoms with Crippen molar-refractivity contribution in [3.63, 3.8) is 0 Å². The second-order valence-corrected chi connectivity index (χ2v) is 4.59. The van der Waals surface area contributed by atoms with E-state index in [0.717, 1.165) is 10.0 Å². The number of benzene rings is 1. The van der Waals surface area contributed by atoms with E-state index < -0.39 is 5.82 Å². The standard InChI is InChI=1S/C13H9BrFN3/c14-11-3-10(6-17-8-11)7-18-13-2-1-9(5-16)4-12(13)15/h1-4,6,8,18H,7H2. The molecule has 0 atom stereocenters. The first kappa shape index (κ1) is 12.5. The number of aromatic nitrogens is 1. The summed E-state index contributed by atoms with van der Waals surface area (Å²) in [4.78, 5) is 4.02. The highest BCUT2D eigenvalue weighted by Crippen LogP contribution is 2.17. The number of halogens is 2. The molecule has 0 aliphatic carbocycles. The zero-order valence-electron chi connectivity index (χ0n) is 9.32. The van der Waals surface area contributed by atoms with Gasteiger partial charge in [0.2, 0.25) is 0 Å². The van der Waals surface area contributed by atoms with Crippen LogP contribution in [0.4, 0.5) is 10.1 Å². The highest BCUT2D eigenvalue weighted by molar-refractivity contribution is 9.10. The first-order valence-electron chi connectivity index (χ1n) is 5.22. The molecular weight excluding hydrogens is 297 g/mol. The number of pyridine rings is 1. The Bertz CT molecular complexity index is 607. The lowest BCUT2D eigenvalue weighted by Crippen LogP contribution is -2.02. The highest BCUT2D eigenvalue weighted by Gasteiger charge is 2.03. The molecule has 1 aromatic carbocycles. The van der Waals surface area contributed by atoms with Crippen LogP contribution in [0.3, 0.4) is 0 Å². The summed E-state index contributed by atoms with van der Waals surface area (Å²) in [6.45, 7) is 0.468. The molecule has 0 unspecified atom stereocenters. The Morgan fingerprint density at radius 2 is 2.17 bits per heavy atom. The van der Waals surface area contributed by atoms with E-state index in [1.54, 1.807) is 24.5 Å². The first-order chi connectivity index (χ1) is 8.69. The van der Waals surface area contributed by atoms with Gasteiger partial charge in [-0.2, -0.15) is 5.26 Å². The number of nitrogens with zero attached hydrogens (tertiary/aromatic N) is 2. The molecule has 0 radical (unpaired) electrons. The molecule has 5 heteroatoms. The molecule has 0 saturated heterocycles. The Morgan fingerprint density at radius 3 is 2.83 bits per heavy atom. The molecule has 2 rings (SSSR count). The van der Waals surface area contributed by atoms with Gasteiger partial charge in [0.15, 0.2) is 0 Å². The van der Waals surface area contributed by atoms with E-state index in [9.17, 15) is 4.39 Å². The van der Waals surface area contributed by atoms with Crippen LogP contribution >= 0.6 is 15.9 Å². The number of nitrogens with one attached hydrogen (secondary N) is 1. The van der Waals surface area contributed by atoms with Gasteiger partial charge in [0.1, 0.15) is 5.82 Å². The Labute approximate surface area is 112 Å². The van der Waals surface area contributed by atoms with Crippen molar-refractivity contribution in [2.75, 3.05) is 5.32 Å². The molecule has 0 aliphatic rings. The molecular formula is C13H9BrFN3. The summed E-state index contributed by atoms with van der Waals surface area (Å²) in [6.07, 6.45) is 3.39. The second kappa shape index (κ2) is 5.61. The molecule has 1 aromatic heterocycles. The maximum atomic E-state index is 13.6. The third kappa shape index (κ3) is 3.05. The molecule has 1 heterocycles. The van der Waals surface area contributed by atoms with Gasteiger partial charge in [-0.3, -0.25) is 4.98 Å². The fourth-order valence-electron chi connectivity index (χ4n) is 1.48. The van der Waals surface area contributed by atoms with Gasteiger partial charge in [-0.05, 0) is 45.8 Å². The molecule has 0 saturated carbocycles. The predicted octanol–water partition coefficient (Wildman–Crippen LogP) is 3.47. The zero-order valence-corrected chi connectivity index (χ0v) is 10.9. The average molecular weight is 306 g/mol. The smallest absolute Gasteiger partial charge is 0.147 e. The summed E-state index contributed by atoms with van der Waals surface area (Å²) < 4.78 is 14.5. The van der Waals surface area contributed by atoms with Crippen molar-refractivity contribution < 1.29 is 4.39 Å². The Hall–Kier alpha value is -1.93. The van der Waals surface area contributed by atoms with Crippen molar-refractivity contribution in [2.24, 2.45) is 0 Å². The van der Waals surface area contributed by atoms with Crippen LogP contribution in [0.5, 0.6) is 0 Å². The SMILES string of the molecule is N#Cc1ccc(NCc2cncc(Br)c2)c(F)c1. The Balaban J connectivity index is 2.09. The van der Waals surface area contributed by atoms with Gasteiger partial charge in [-0.15, -0.1) is 0 Å². The summed E-state index contributed by atoms with van der Waals surface area (Å²) in [5.74, 6) is -0.433. The van der Waals surface area contributed by atoms with Crippen molar-refractivity contribution in [3.8, 4) is 6.07 Å². The van der Waals surface area contributed by atoms with E-state index >= 15 is 0 Å². The topological polar surface area (TPSA) is 48.7 Å². The summed E-state index contributed by atoms with van der Waals surface area (Å²) in [6, 6.07) is 8.14. The van der Waals surface area contributed by atoms with Crippen molar-refractivity contribution >= 4 is 21.6 Å². The van der Waals surface area contributed by atoms with Crippen LogP contribution in [0.2, 0.25) is 0 Å². The van der Waals surface area contributed by atoms with E-state index in [4.69, 9.17) is 5.26 Å². The fraction of sp³-hybridized carbons (Fsp3) is 0.0769. The minimum Gasteiger partial charge on any atom is -0.379 e. The molecule has 0 amide bonds. The maximum absolute atomic E-state index is 13.6. The molecule has 0 bridgehead atoms. The van der Waals surface area contributed by atoms with Crippen LogP contribution < -0.4 is 5.32 Å². The maximum Gasteiger partial charge on any atom is 0.147 e. The molecule has 90 valence electrons. The van der Waals surface area contributed by atoms with E-state index in [-0.39, 0.29) is 0 Å². The number of nitriles is 1. The van der Waals surface area contributed by atoms with Gasteiger partial charge < -0.3 is 5.32 Å². The number of hydrogen-bond acceptors (Lipinski definition) is 3. The molecule has 18 heavy (non-hydrogen) atoms. The minimum atomic E-state index is -0.433. The predicted molar refractivity (Wildman–Crippen MR) is 70.4 cm³/mol. The van der Waals surface area contributed by atoms with Crippen LogP contribution in [0, 0.1) is 17.1 Å². The van der Waals surface area contributed by atoms with Crippen LogP contribution in [-0.2, 0) is 6.54 Å². The van der Waals surface area contributed by atoms with Crippen molar-refractivity contribution in [1.29, 1.82) is 5.26 Å². The number of anilines is 1. The normalized spacial score (nSPS) is 9.83. The molecule has 0 spiro atoms. The Kier molecular flexibility index (Phi) is 3.90. The summed E-state index contributed by atoms with van der Waals surface area (Å²) in [5.41, 5.74) is 1.62. The molecule has 3 nitrogen and oxygen atoms in total. The Morgan fingerprint density at radius 1 is 1.33 bits per heavy atom. The fourth-order valence-corrected chi connectivity index (χ4v) is 1.89. The summed E-state index contributed by atoms with van der Waals surface area (Å²) in [7, 11) is 0. The number of hydrogen-bond donors (Lipinski definition) is 1. The van der Waals surface area contributed by atoms with Crippen LogP contribution in [-0.4, -0.2) is 4.98 Å². The lowest BCUT2D eigenvalue weighted by Gasteiger charge is -2.07. The quantitative estimate of drug-likeness (QED) is 0.944. The van der Waals surface area contributed by atoms with Crippen molar-refractivity contribution in [3.05, 3.63) is 58.1 Å². The van der Waals surface area contributed by atoms with Gasteiger partial charge in [0.05, 0.1) is 17.3 Å². The average Bonchev–Trinajstić information content (AvgIpc) is 2.37. The lowest BCUT2D eigenvalue weighted by molar-refractivity contribution is 0.629. The van der Waals surface area contributed by atoms with E-state index in [1.807, 2.05) is 12.1 Å². The minimum absolute atomic E-state index is 0.308. The molecule has 0 fully saturated rings. The van der Waals surface area contributed by atoms with Gasteiger partial charge in [-0.25, -0.2) is 4.39 Å². The van der Waals surface area contributed by atoms with Crippen LogP contribution in [0.15, 0.2) is 41.1 Å². The van der Waals surface area contributed by atoms with Crippen molar-refractivity contribution in [2.45, 2.75) is 6.54 Å². The molecule has 0 aliphatic heterocycles. The van der Waals surface area contributed by atoms with Crippen LogP contribution in [0.1, 0.15) is 11.1 Å².